The number of aliphatic hydroxyl groups is 1. The Bertz CT molecular complexity index is 1390. The number of piperazine rings is 1. The average molecular weight is 645 g/mol. The normalized spacial score (nSPS) is 17.4. The number of piperidine rings is 1. The molecule has 11 nitrogen and oxygen atoms in total. The number of likely N-dealkylation sites (tertiary alicyclic amines) is 1. The third-order valence-corrected chi connectivity index (χ3v) is 8.44. The van der Waals surface area contributed by atoms with Gasteiger partial charge in [0.05, 0.1) is 24.2 Å². The van der Waals surface area contributed by atoms with Crippen LogP contribution in [0.2, 0.25) is 10.0 Å². The molecule has 2 aliphatic heterocycles. The van der Waals surface area contributed by atoms with E-state index in [9.17, 15) is 15.0 Å². The monoisotopic (exact) mass is 643 g/mol. The molecule has 2 saturated heterocycles. The number of hydrogen-bond donors (Lipinski definition) is 2. The highest BCUT2D eigenvalue weighted by Gasteiger charge is 2.23. The first-order valence-corrected chi connectivity index (χ1v) is 15.7. The van der Waals surface area contributed by atoms with E-state index in [4.69, 9.17) is 32.9 Å². The molecule has 236 valence electrons. The largest absolute Gasteiger partial charge is 0.465 e. The lowest BCUT2D eigenvalue weighted by molar-refractivity contribution is 0.122. The number of hydrogen-bond acceptors (Lipinski definition) is 9. The standard InChI is InChI=1S/C31H39Cl2N7O4/c1-21(41)18-39-7-9-40(10-8-39)30-34-16-27(17-35-30)44-29-12-23(11-28(36-29)24-13-25(32)15-26(33)14-24)20-38-5-3-22(4-6-38)19-37(2)31(42)43/h11-17,21-22,41H,3-10,18-20H2,1-2H3,(H,42,43)/t21-/m1/s1. The molecule has 1 atom stereocenters. The number of nitrogens with zero attached hydrogens (tertiary/aromatic N) is 7. The Balaban J connectivity index is 1.29. The van der Waals surface area contributed by atoms with E-state index in [2.05, 4.69) is 24.7 Å². The van der Waals surface area contributed by atoms with Crippen molar-refractivity contribution in [3.8, 4) is 22.9 Å². The first-order valence-electron chi connectivity index (χ1n) is 14.9. The van der Waals surface area contributed by atoms with Crippen molar-refractivity contribution in [3.05, 3.63) is 58.3 Å². The minimum atomic E-state index is -0.891. The topological polar surface area (TPSA) is 118 Å². The van der Waals surface area contributed by atoms with Gasteiger partial charge in [0.2, 0.25) is 11.8 Å². The van der Waals surface area contributed by atoms with Crippen molar-refractivity contribution in [2.45, 2.75) is 32.4 Å². The number of carbonyl (C=O) groups is 1. The van der Waals surface area contributed by atoms with Gasteiger partial charge < -0.3 is 24.7 Å². The Morgan fingerprint density at radius 1 is 1.00 bits per heavy atom. The summed E-state index contributed by atoms with van der Waals surface area (Å²) in [4.78, 5) is 33.2. The molecule has 0 bridgehead atoms. The van der Waals surface area contributed by atoms with Crippen LogP contribution in [0.15, 0.2) is 42.7 Å². The van der Waals surface area contributed by atoms with Gasteiger partial charge in [-0.3, -0.25) is 9.80 Å². The number of aromatic nitrogens is 3. The van der Waals surface area contributed by atoms with Crippen LogP contribution in [0.3, 0.4) is 0 Å². The maximum Gasteiger partial charge on any atom is 0.407 e. The molecule has 13 heteroatoms. The molecule has 1 amide bonds. The Morgan fingerprint density at radius 2 is 1.66 bits per heavy atom. The van der Waals surface area contributed by atoms with E-state index in [1.165, 1.54) is 4.90 Å². The molecule has 0 unspecified atom stereocenters. The van der Waals surface area contributed by atoms with Gasteiger partial charge in [0.15, 0.2) is 5.75 Å². The zero-order valence-electron chi connectivity index (χ0n) is 25.1. The number of β-amino-alcohol motifs (C(OH)–C–C–N with tert-alkyl or cyclic N) is 1. The summed E-state index contributed by atoms with van der Waals surface area (Å²) in [6.45, 7) is 8.72. The van der Waals surface area contributed by atoms with Crippen LogP contribution in [0.1, 0.15) is 25.3 Å². The van der Waals surface area contributed by atoms with Crippen LogP contribution >= 0.6 is 23.2 Å². The summed E-state index contributed by atoms with van der Waals surface area (Å²) >= 11 is 12.6. The van der Waals surface area contributed by atoms with Crippen LogP contribution in [0.4, 0.5) is 10.7 Å². The fourth-order valence-electron chi connectivity index (χ4n) is 5.75. The molecule has 2 aliphatic rings. The van der Waals surface area contributed by atoms with Crippen LogP contribution in [0.25, 0.3) is 11.3 Å². The highest BCUT2D eigenvalue weighted by molar-refractivity contribution is 6.35. The van der Waals surface area contributed by atoms with Crippen LogP contribution in [-0.2, 0) is 6.54 Å². The smallest absolute Gasteiger partial charge is 0.407 e. The van der Waals surface area contributed by atoms with Crippen molar-refractivity contribution in [3.63, 3.8) is 0 Å². The van der Waals surface area contributed by atoms with Crippen molar-refractivity contribution in [2.75, 3.05) is 64.3 Å². The lowest BCUT2D eigenvalue weighted by atomic mass is 9.96. The molecule has 0 aliphatic carbocycles. The summed E-state index contributed by atoms with van der Waals surface area (Å²) in [6, 6.07) is 9.29. The summed E-state index contributed by atoms with van der Waals surface area (Å²) in [5, 5.41) is 19.9. The molecule has 5 rings (SSSR count). The minimum Gasteiger partial charge on any atom is -0.465 e. The fourth-order valence-corrected chi connectivity index (χ4v) is 6.28. The molecule has 3 aromatic rings. The molecular formula is C31H39Cl2N7O4. The maximum atomic E-state index is 11.2. The van der Waals surface area contributed by atoms with Crippen molar-refractivity contribution in [1.29, 1.82) is 0 Å². The molecule has 44 heavy (non-hydrogen) atoms. The van der Waals surface area contributed by atoms with Gasteiger partial charge in [-0.15, -0.1) is 0 Å². The van der Waals surface area contributed by atoms with Crippen molar-refractivity contribution < 1.29 is 19.7 Å². The predicted octanol–water partition coefficient (Wildman–Crippen LogP) is 4.96. The Kier molecular flexibility index (Phi) is 10.8. The molecule has 0 spiro atoms. The van der Waals surface area contributed by atoms with E-state index in [1.54, 1.807) is 32.4 Å². The van der Waals surface area contributed by atoms with Crippen LogP contribution in [0.5, 0.6) is 11.6 Å². The van der Waals surface area contributed by atoms with Gasteiger partial charge >= 0.3 is 6.09 Å². The second-order valence-corrected chi connectivity index (χ2v) is 12.6. The lowest BCUT2D eigenvalue weighted by Crippen LogP contribution is -2.48. The lowest BCUT2D eigenvalue weighted by Gasteiger charge is -2.35. The molecule has 2 aromatic heterocycles. The van der Waals surface area contributed by atoms with Crippen LogP contribution in [-0.4, -0.2) is 111 Å². The number of aliphatic hydroxyl groups excluding tert-OH is 1. The third-order valence-electron chi connectivity index (χ3n) is 8.01. The molecule has 1 aromatic carbocycles. The summed E-state index contributed by atoms with van der Waals surface area (Å²) in [5.41, 5.74) is 2.49. The van der Waals surface area contributed by atoms with E-state index in [1.807, 2.05) is 24.3 Å². The molecule has 2 N–H and O–H groups in total. The van der Waals surface area contributed by atoms with Gasteiger partial charge in [0.1, 0.15) is 0 Å². The number of pyridine rings is 1. The summed E-state index contributed by atoms with van der Waals surface area (Å²) in [7, 11) is 1.62. The number of rotatable bonds is 10. The molecule has 0 saturated carbocycles. The van der Waals surface area contributed by atoms with Gasteiger partial charge in [-0.1, -0.05) is 23.2 Å². The van der Waals surface area contributed by atoms with E-state index in [0.717, 1.165) is 63.2 Å². The van der Waals surface area contributed by atoms with Gasteiger partial charge in [-0.05, 0) is 68.6 Å². The second-order valence-electron chi connectivity index (χ2n) is 11.7. The molecule has 4 heterocycles. The van der Waals surface area contributed by atoms with E-state index >= 15 is 0 Å². The first kappa shape index (κ1) is 32.2. The summed E-state index contributed by atoms with van der Waals surface area (Å²) in [6.07, 6.45) is 3.95. The van der Waals surface area contributed by atoms with Gasteiger partial charge in [0, 0.05) is 74.5 Å². The van der Waals surface area contributed by atoms with Crippen molar-refractivity contribution >= 4 is 35.2 Å². The number of carboxylic acid groups (broad SMARTS) is 1. The number of halogens is 2. The quantitative estimate of drug-likeness (QED) is 0.314. The predicted molar refractivity (Wildman–Crippen MR) is 171 cm³/mol. The maximum absolute atomic E-state index is 11.2. The Morgan fingerprint density at radius 3 is 2.27 bits per heavy atom. The van der Waals surface area contributed by atoms with Crippen molar-refractivity contribution in [1.82, 2.24) is 29.7 Å². The van der Waals surface area contributed by atoms with E-state index in [0.29, 0.717) is 58.9 Å². The number of ether oxygens (including phenoxy) is 1. The average Bonchev–Trinajstić information content (AvgIpc) is 2.98. The van der Waals surface area contributed by atoms with Gasteiger partial charge in [-0.25, -0.2) is 19.7 Å². The molecule has 2 fully saturated rings. The second kappa shape index (κ2) is 14.7. The summed E-state index contributed by atoms with van der Waals surface area (Å²) in [5.74, 6) is 1.88. The number of amides is 1. The summed E-state index contributed by atoms with van der Waals surface area (Å²) < 4.78 is 6.18. The third kappa shape index (κ3) is 8.92. The van der Waals surface area contributed by atoms with E-state index < -0.39 is 6.09 Å². The minimum absolute atomic E-state index is 0.345. The zero-order chi connectivity index (χ0) is 31.2. The highest BCUT2D eigenvalue weighted by atomic mass is 35.5. The fraction of sp³-hybridized carbons (Fsp3) is 0.484. The van der Waals surface area contributed by atoms with Crippen LogP contribution < -0.4 is 9.64 Å². The van der Waals surface area contributed by atoms with Crippen LogP contribution in [0, 0.1) is 5.92 Å². The Hall–Kier alpha value is -3.22. The molecular weight excluding hydrogens is 605 g/mol. The van der Waals surface area contributed by atoms with Gasteiger partial charge in [0.25, 0.3) is 0 Å². The van der Waals surface area contributed by atoms with Crippen molar-refractivity contribution in [2.24, 2.45) is 5.92 Å². The highest BCUT2D eigenvalue weighted by Crippen LogP contribution is 2.31. The number of benzene rings is 1. The first-order chi connectivity index (χ1) is 21.1. The zero-order valence-corrected chi connectivity index (χ0v) is 26.6. The Labute approximate surface area is 268 Å². The molecule has 0 radical (unpaired) electrons. The van der Waals surface area contributed by atoms with Gasteiger partial charge in [-0.2, -0.15) is 0 Å². The van der Waals surface area contributed by atoms with E-state index in [-0.39, 0.29) is 6.10 Å². The SMILES string of the molecule is C[C@@H](O)CN1CCN(c2ncc(Oc3cc(CN4CCC(CN(C)C(=O)O)CC4)cc(-c4cc(Cl)cc(Cl)c4)n3)cn2)CC1. The number of anilines is 1.